The van der Waals surface area contributed by atoms with E-state index in [0.29, 0.717) is 30.1 Å². The Morgan fingerprint density at radius 3 is 2.45 bits per heavy atom. The van der Waals surface area contributed by atoms with Crippen LogP contribution in [0.3, 0.4) is 0 Å². The molecule has 0 bridgehead atoms. The number of nitrogens with one attached hydrogen (secondary N) is 1. The number of likely N-dealkylation sites (N-methyl/N-ethyl adjacent to an activating group) is 1. The van der Waals surface area contributed by atoms with E-state index in [1.54, 1.807) is 43.3 Å². The van der Waals surface area contributed by atoms with E-state index >= 15 is 0 Å². The Hall–Kier alpha value is -2.93. The van der Waals surface area contributed by atoms with Crippen molar-refractivity contribution in [1.82, 2.24) is 9.21 Å². The molecule has 9 heteroatoms. The van der Waals surface area contributed by atoms with Crippen molar-refractivity contribution in [3.63, 3.8) is 0 Å². The fourth-order valence-electron chi connectivity index (χ4n) is 3.29. The third-order valence-corrected chi connectivity index (χ3v) is 7.10. The van der Waals surface area contributed by atoms with Crippen molar-refractivity contribution in [1.29, 1.82) is 5.26 Å². The van der Waals surface area contributed by atoms with E-state index in [4.69, 9.17) is 10.00 Å². The molecule has 2 aromatic carbocycles. The normalized spacial score (nSPS) is 16.3. The average Bonchev–Trinajstić information content (AvgIpc) is 2.79. The number of sulfonamides is 1. The summed E-state index contributed by atoms with van der Waals surface area (Å²) in [6, 6.07) is 14.7. The van der Waals surface area contributed by atoms with Gasteiger partial charge in [-0.1, -0.05) is 13.0 Å². The van der Waals surface area contributed by atoms with Crippen LogP contribution in [0.4, 0.5) is 5.69 Å². The third-order valence-electron chi connectivity index (χ3n) is 5.18. The van der Waals surface area contributed by atoms with Crippen molar-refractivity contribution < 1.29 is 17.9 Å². The van der Waals surface area contributed by atoms with Crippen LogP contribution in [0, 0.1) is 11.3 Å². The first-order valence-corrected chi connectivity index (χ1v) is 11.6. The molecule has 1 unspecified atom stereocenters. The van der Waals surface area contributed by atoms with Crippen LogP contribution >= 0.6 is 0 Å². The molecular weight excluding hydrogens is 416 g/mol. The molecule has 164 valence electrons. The van der Waals surface area contributed by atoms with Gasteiger partial charge in [-0.05, 0) is 55.9 Å². The molecule has 1 N–H and O–H groups in total. The maximum atomic E-state index is 12.9. The van der Waals surface area contributed by atoms with E-state index in [1.165, 1.54) is 16.4 Å². The zero-order valence-corrected chi connectivity index (χ0v) is 18.4. The third kappa shape index (κ3) is 5.61. The second-order valence-corrected chi connectivity index (χ2v) is 9.19. The van der Waals surface area contributed by atoms with Crippen molar-refractivity contribution in [3.05, 3.63) is 54.1 Å². The molecule has 1 aliphatic rings. The molecule has 8 nitrogen and oxygen atoms in total. The lowest BCUT2D eigenvalue weighted by molar-refractivity contribution is -0.122. The minimum Gasteiger partial charge on any atom is -0.481 e. The maximum Gasteiger partial charge on any atom is 0.265 e. The highest BCUT2D eigenvalue weighted by molar-refractivity contribution is 7.89. The predicted molar refractivity (Wildman–Crippen MR) is 117 cm³/mol. The van der Waals surface area contributed by atoms with Gasteiger partial charge < -0.3 is 15.0 Å². The topological polar surface area (TPSA) is 103 Å². The monoisotopic (exact) mass is 442 g/mol. The predicted octanol–water partition coefficient (Wildman–Crippen LogP) is 2.29. The quantitative estimate of drug-likeness (QED) is 0.706. The van der Waals surface area contributed by atoms with Gasteiger partial charge in [-0.25, -0.2) is 8.42 Å². The van der Waals surface area contributed by atoms with E-state index < -0.39 is 16.1 Å². The van der Waals surface area contributed by atoms with Gasteiger partial charge in [0.25, 0.3) is 5.91 Å². The van der Waals surface area contributed by atoms with Gasteiger partial charge in [0.2, 0.25) is 10.0 Å². The number of amides is 1. The van der Waals surface area contributed by atoms with Gasteiger partial charge >= 0.3 is 0 Å². The minimum atomic E-state index is -3.56. The molecule has 1 amide bonds. The second kappa shape index (κ2) is 9.92. The Morgan fingerprint density at radius 2 is 1.84 bits per heavy atom. The van der Waals surface area contributed by atoms with Crippen LogP contribution in [0.25, 0.3) is 0 Å². The molecule has 31 heavy (non-hydrogen) atoms. The van der Waals surface area contributed by atoms with Crippen LogP contribution in [0.1, 0.15) is 19.4 Å². The lowest BCUT2D eigenvalue weighted by Gasteiger charge is -2.33. The van der Waals surface area contributed by atoms with Crippen LogP contribution in [0.2, 0.25) is 0 Å². The van der Waals surface area contributed by atoms with Gasteiger partial charge in [0.15, 0.2) is 6.10 Å². The van der Waals surface area contributed by atoms with Gasteiger partial charge in [-0.2, -0.15) is 9.57 Å². The average molecular weight is 443 g/mol. The fourth-order valence-corrected chi connectivity index (χ4v) is 4.71. The summed E-state index contributed by atoms with van der Waals surface area (Å²) in [7, 11) is -3.56. The summed E-state index contributed by atoms with van der Waals surface area (Å²) in [6.07, 6.45) is -0.799. The molecule has 0 spiro atoms. The number of hydrogen-bond acceptors (Lipinski definition) is 6. The van der Waals surface area contributed by atoms with Gasteiger partial charge in [0.1, 0.15) is 5.75 Å². The summed E-state index contributed by atoms with van der Waals surface area (Å²) >= 11 is 0. The molecule has 0 aromatic heterocycles. The Balaban J connectivity index is 1.60. The number of nitrogens with zero attached hydrogens (tertiary/aromatic N) is 3. The molecule has 1 aliphatic heterocycles. The molecule has 2 aromatic rings. The first-order chi connectivity index (χ1) is 14.8. The first kappa shape index (κ1) is 22.7. The standard InChI is InChI=1S/C22H26N4O4S/c1-3-25-11-13-26(14-12-25)31(28,29)21-9-7-19(8-10-21)24-22(27)17(2)30-20-6-4-5-18(15-20)16-23/h4-10,15,17H,3,11-14H2,1-2H3,(H,24,27). The van der Waals surface area contributed by atoms with Crippen LogP contribution in [-0.2, 0) is 14.8 Å². The van der Waals surface area contributed by atoms with Gasteiger partial charge in [0.05, 0.1) is 16.5 Å². The molecule has 0 radical (unpaired) electrons. The molecular formula is C22H26N4O4S. The zero-order chi connectivity index (χ0) is 22.4. The first-order valence-electron chi connectivity index (χ1n) is 10.1. The van der Waals surface area contributed by atoms with Gasteiger partial charge in [-0.15, -0.1) is 0 Å². The Kier molecular flexibility index (Phi) is 7.28. The lowest BCUT2D eigenvalue weighted by atomic mass is 10.2. The molecule has 1 saturated heterocycles. The van der Waals surface area contributed by atoms with Gasteiger partial charge in [-0.3, -0.25) is 4.79 Å². The van der Waals surface area contributed by atoms with Crippen molar-refractivity contribution >= 4 is 21.6 Å². The molecule has 1 heterocycles. The number of carbonyl (C=O) groups is 1. The fraction of sp³-hybridized carbons (Fsp3) is 0.364. The summed E-state index contributed by atoms with van der Waals surface area (Å²) in [5.74, 6) is 0.0416. The summed E-state index contributed by atoms with van der Waals surface area (Å²) < 4.78 is 32.8. The van der Waals surface area contributed by atoms with Crippen molar-refractivity contribution in [2.75, 3.05) is 38.0 Å². The lowest BCUT2D eigenvalue weighted by Crippen LogP contribution is -2.48. The molecule has 0 aliphatic carbocycles. The summed E-state index contributed by atoms with van der Waals surface area (Å²) in [5.41, 5.74) is 0.916. The highest BCUT2D eigenvalue weighted by Crippen LogP contribution is 2.20. The van der Waals surface area contributed by atoms with Crippen LogP contribution < -0.4 is 10.1 Å². The highest BCUT2D eigenvalue weighted by atomic mass is 32.2. The van der Waals surface area contributed by atoms with Crippen molar-refractivity contribution in [2.45, 2.75) is 24.8 Å². The number of piperazine rings is 1. The molecule has 1 fully saturated rings. The maximum absolute atomic E-state index is 12.9. The number of carbonyl (C=O) groups excluding carboxylic acids is 1. The van der Waals surface area contributed by atoms with E-state index in [9.17, 15) is 13.2 Å². The van der Waals surface area contributed by atoms with E-state index in [2.05, 4.69) is 17.1 Å². The summed E-state index contributed by atoms with van der Waals surface area (Å²) in [6.45, 7) is 6.95. The number of rotatable bonds is 7. The van der Waals surface area contributed by atoms with Crippen LogP contribution in [-0.4, -0.2) is 62.4 Å². The largest absolute Gasteiger partial charge is 0.481 e. The van der Waals surface area contributed by atoms with Crippen LogP contribution in [0.15, 0.2) is 53.4 Å². The molecule has 1 atom stereocenters. The van der Waals surface area contributed by atoms with Gasteiger partial charge in [0, 0.05) is 31.9 Å². The summed E-state index contributed by atoms with van der Waals surface area (Å²) in [4.78, 5) is 14.8. The molecule has 3 rings (SSSR count). The Morgan fingerprint density at radius 1 is 1.16 bits per heavy atom. The van der Waals surface area contributed by atoms with Crippen LogP contribution in [0.5, 0.6) is 5.75 Å². The zero-order valence-electron chi connectivity index (χ0n) is 17.6. The van der Waals surface area contributed by atoms with Crippen molar-refractivity contribution in [3.8, 4) is 11.8 Å². The highest BCUT2D eigenvalue weighted by Gasteiger charge is 2.28. The number of hydrogen-bond donors (Lipinski definition) is 1. The molecule has 0 saturated carbocycles. The number of ether oxygens (including phenoxy) is 1. The number of nitriles is 1. The SMILES string of the molecule is CCN1CCN(S(=O)(=O)c2ccc(NC(=O)C(C)Oc3cccc(C#N)c3)cc2)CC1. The van der Waals surface area contributed by atoms with E-state index in [0.717, 1.165) is 19.6 Å². The summed E-state index contributed by atoms with van der Waals surface area (Å²) in [5, 5.41) is 11.7. The minimum absolute atomic E-state index is 0.202. The van der Waals surface area contributed by atoms with E-state index in [-0.39, 0.29) is 10.8 Å². The van der Waals surface area contributed by atoms with E-state index in [1.807, 2.05) is 6.07 Å². The van der Waals surface area contributed by atoms with Crippen molar-refractivity contribution in [2.24, 2.45) is 0 Å². The Labute approximate surface area is 183 Å². The number of benzene rings is 2. The smallest absolute Gasteiger partial charge is 0.265 e. The number of anilines is 1. The Bertz CT molecular complexity index is 1060. The second-order valence-electron chi connectivity index (χ2n) is 7.25.